The summed E-state index contributed by atoms with van der Waals surface area (Å²) in [5.74, 6) is -0.274. The molecule has 6 heteroatoms. The van der Waals surface area contributed by atoms with E-state index in [9.17, 15) is 12.8 Å². The van der Waals surface area contributed by atoms with Crippen molar-refractivity contribution in [1.82, 2.24) is 4.31 Å². The van der Waals surface area contributed by atoms with Gasteiger partial charge in [0.05, 0.1) is 10.6 Å². The Bertz CT molecular complexity index is 888. The van der Waals surface area contributed by atoms with E-state index in [1.165, 1.54) is 10.4 Å². The van der Waals surface area contributed by atoms with E-state index in [0.29, 0.717) is 36.8 Å². The maximum atomic E-state index is 13.9. The lowest BCUT2D eigenvalue weighted by Crippen LogP contribution is -2.49. The number of benzene rings is 2. The maximum absolute atomic E-state index is 13.9. The highest BCUT2D eigenvalue weighted by Crippen LogP contribution is 2.27. The van der Waals surface area contributed by atoms with Crippen LogP contribution in [0.25, 0.3) is 0 Å². The summed E-state index contributed by atoms with van der Waals surface area (Å²) in [5, 5.41) is 0. The van der Waals surface area contributed by atoms with Gasteiger partial charge >= 0.3 is 0 Å². The van der Waals surface area contributed by atoms with E-state index in [0.717, 1.165) is 16.7 Å². The van der Waals surface area contributed by atoms with Gasteiger partial charge in [0.15, 0.2) is 0 Å². The number of aryl methyl sites for hydroxylation is 1. The van der Waals surface area contributed by atoms with Crippen molar-refractivity contribution in [1.29, 1.82) is 0 Å². The van der Waals surface area contributed by atoms with E-state index >= 15 is 0 Å². The van der Waals surface area contributed by atoms with Gasteiger partial charge in [-0.25, -0.2) is 12.8 Å². The van der Waals surface area contributed by atoms with E-state index in [1.54, 1.807) is 24.3 Å². The molecule has 1 fully saturated rings. The van der Waals surface area contributed by atoms with Crippen LogP contribution in [0.4, 0.5) is 10.1 Å². The topological polar surface area (TPSA) is 40.6 Å². The van der Waals surface area contributed by atoms with Gasteiger partial charge in [-0.1, -0.05) is 18.2 Å². The molecule has 0 N–H and O–H groups in total. The number of hydrogen-bond donors (Lipinski definition) is 0. The van der Waals surface area contributed by atoms with Crippen molar-refractivity contribution in [2.75, 3.05) is 31.1 Å². The van der Waals surface area contributed by atoms with Crippen LogP contribution >= 0.6 is 0 Å². The summed E-state index contributed by atoms with van der Waals surface area (Å²) in [4.78, 5) is 2.27. The van der Waals surface area contributed by atoms with E-state index in [-0.39, 0.29) is 5.82 Å². The lowest BCUT2D eigenvalue weighted by atomic mass is 10.1. The molecule has 0 bridgehead atoms. The number of piperazine rings is 1. The minimum absolute atomic E-state index is 0.274. The van der Waals surface area contributed by atoms with Crippen LogP contribution < -0.4 is 4.90 Å². The van der Waals surface area contributed by atoms with Crippen molar-refractivity contribution in [3.05, 3.63) is 58.9 Å². The summed E-state index contributed by atoms with van der Waals surface area (Å²) in [6.45, 7) is 7.43. The Balaban J connectivity index is 1.81. The van der Waals surface area contributed by atoms with Gasteiger partial charge < -0.3 is 4.90 Å². The van der Waals surface area contributed by atoms with Crippen LogP contribution in [0, 0.1) is 26.6 Å². The SMILES string of the molecule is Cc1ccc(S(=O)(=O)N2CCN(c3ccccc3F)CC2)c(C)c1C. The van der Waals surface area contributed by atoms with Crippen molar-refractivity contribution in [3.63, 3.8) is 0 Å². The molecular formula is C19H23FN2O2S. The molecule has 2 aromatic rings. The Labute approximate surface area is 148 Å². The second-order valence-corrected chi connectivity index (χ2v) is 8.38. The minimum atomic E-state index is -3.53. The second kappa shape index (κ2) is 6.77. The fourth-order valence-corrected chi connectivity index (χ4v) is 4.93. The third-order valence-corrected chi connectivity index (χ3v) is 7.10. The lowest BCUT2D eigenvalue weighted by Gasteiger charge is -2.35. The van der Waals surface area contributed by atoms with Crippen LogP contribution in [0.3, 0.4) is 0 Å². The van der Waals surface area contributed by atoms with Gasteiger partial charge in [0.25, 0.3) is 0 Å². The standard InChI is InChI=1S/C19H23FN2O2S/c1-14-8-9-19(16(3)15(14)2)25(23,24)22-12-10-21(11-13-22)18-7-5-4-6-17(18)20/h4-9H,10-13H2,1-3H3. The zero-order valence-electron chi connectivity index (χ0n) is 14.8. The number of rotatable bonds is 3. The molecule has 0 unspecified atom stereocenters. The molecule has 0 spiro atoms. The summed E-state index contributed by atoms with van der Waals surface area (Å²) < 4.78 is 41.5. The van der Waals surface area contributed by atoms with Gasteiger partial charge in [0.1, 0.15) is 5.82 Å². The summed E-state index contributed by atoms with van der Waals surface area (Å²) in [5.41, 5.74) is 3.42. The van der Waals surface area contributed by atoms with Crippen LogP contribution in [0.5, 0.6) is 0 Å². The average molecular weight is 362 g/mol. The summed E-state index contributed by atoms with van der Waals surface area (Å²) in [7, 11) is -3.53. The number of halogens is 1. The van der Waals surface area contributed by atoms with Crippen molar-refractivity contribution in [2.24, 2.45) is 0 Å². The molecule has 2 aromatic carbocycles. The number of anilines is 1. The summed E-state index contributed by atoms with van der Waals surface area (Å²) in [6.07, 6.45) is 0. The van der Waals surface area contributed by atoms with Gasteiger partial charge in [-0.2, -0.15) is 4.31 Å². The highest BCUT2D eigenvalue weighted by atomic mass is 32.2. The highest BCUT2D eigenvalue weighted by Gasteiger charge is 2.30. The Hall–Kier alpha value is -1.92. The Kier molecular flexibility index (Phi) is 4.84. The molecule has 3 rings (SSSR count). The fraction of sp³-hybridized carbons (Fsp3) is 0.368. The summed E-state index contributed by atoms with van der Waals surface area (Å²) in [6, 6.07) is 10.1. The zero-order valence-corrected chi connectivity index (χ0v) is 15.6. The Morgan fingerprint density at radius 1 is 0.880 bits per heavy atom. The molecule has 1 saturated heterocycles. The molecule has 0 aliphatic carbocycles. The lowest BCUT2D eigenvalue weighted by molar-refractivity contribution is 0.383. The fourth-order valence-electron chi connectivity index (χ4n) is 3.23. The zero-order chi connectivity index (χ0) is 18.2. The first-order valence-corrected chi connectivity index (χ1v) is 9.83. The molecule has 0 amide bonds. The Morgan fingerprint density at radius 3 is 2.16 bits per heavy atom. The number of hydrogen-bond acceptors (Lipinski definition) is 3. The maximum Gasteiger partial charge on any atom is 0.243 e. The smallest absolute Gasteiger partial charge is 0.243 e. The minimum Gasteiger partial charge on any atom is -0.367 e. The molecule has 4 nitrogen and oxygen atoms in total. The summed E-state index contributed by atoms with van der Waals surface area (Å²) >= 11 is 0. The predicted molar refractivity (Wildman–Crippen MR) is 98.0 cm³/mol. The van der Waals surface area contributed by atoms with E-state index in [2.05, 4.69) is 0 Å². The van der Waals surface area contributed by atoms with Gasteiger partial charge in [0, 0.05) is 26.2 Å². The largest absolute Gasteiger partial charge is 0.367 e. The molecule has 0 aromatic heterocycles. The number of nitrogens with zero attached hydrogens (tertiary/aromatic N) is 2. The van der Waals surface area contributed by atoms with E-state index < -0.39 is 10.0 Å². The molecule has 0 atom stereocenters. The molecule has 1 aliphatic heterocycles. The van der Waals surface area contributed by atoms with E-state index in [4.69, 9.17) is 0 Å². The average Bonchev–Trinajstić information content (AvgIpc) is 2.60. The number of sulfonamides is 1. The van der Waals surface area contributed by atoms with Crippen LogP contribution in [0.2, 0.25) is 0 Å². The van der Waals surface area contributed by atoms with Crippen LogP contribution in [-0.4, -0.2) is 38.9 Å². The van der Waals surface area contributed by atoms with Gasteiger partial charge in [-0.3, -0.25) is 0 Å². The first-order chi connectivity index (χ1) is 11.8. The predicted octanol–water partition coefficient (Wildman–Crippen LogP) is 3.26. The molecule has 25 heavy (non-hydrogen) atoms. The number of para-hydroxylation sites is 1. The van der Waals surface area contributed by atoms with Crippen LogP contribution in [0.1, 0.15) is 16.7 Å². The molecule has 0 saturated carbocycles. The van der Waals surface area contributed by atoms with Gasteiger partial charge in [-0.15, -0.1) is 0 Å². The van der Waals surface area contributed by atoms with Crippen molar-refractivity contribution < 1.29 is 12.8 Å². The van der Waals surface area contributed by atoms with Crippen molar-refractivity contribution in [2.45, 2.75) is 25.7 Å². The van der Waals surface area contributed by atoms with Crippen molar-refractivity contribution >= 4 is 15.7 Å². The third kappa shape index (κ3) is 3.28. The normalized spacial score (nSPS) is 16.2. The third-order valence-electron chi connectivity index (χ3n) is 5.06. The monoisotopic (exact) mass is 362 g/mol. The quantitative estimate of drug-likeness (QED) is 0.841. The molecule has 134 valence electrons. The Morgan fingerprint density at radius 2 is 1.52 bits per heavy atom. The van der Waals surface area contributed by atoms with Crippen LogP contribution in [0.15, 0.2) is 41.3 Å². The molecule has 0 radical (unpaired) electrons. The first-order valence-electron chi connectivity index (χ1n) is 8.39. The van der Waals surface area contributed by atoms with Crippen molar-refractivity contribution in [3.8, 4) is 0 Å². The van der Waals surface area contributed by atoms with Crippen LogP contribution in [-0.2, 0) is 10.0 Å². The molecular weight excluding hydrogens is 339 g/mol. The first kappa shape index (κ1) is 17.9. The highest BCUT2D eigenvalue weighted by molar-refractivity contribution is 7.89. The molecule has 1 aliphatic rings. The van der Waals surface area contributed by atoms with E-state index in [1.807, 2.05) is 31.7 Å². The van der Waals surface area contributed by atoms with Gasteiger partial charge in [0.2, 0.25) is 10.0 Å². The molecule has 1 heterocycles. The van der Waals surface area contributed by atoms with Gasteiger partial charge in [-0.05, 0) is 55.7 Å². The second-order valence-electron chi connectivity index (χ2n) is 6.47.